The van der Waals surface area contributed by atoms with E-state index in [9.17, 15) is 9.59 Å². The van der Waals surface area contributed by atoms with Gasteiger partial charge < -0.3 is 10.0 Å². The third kappa shape index (κ3) is 3.40. The summed E-state index contributed by atoms with van der Waals surface area (Å²) in [6, 6.07) is 0. The molecule has 0 aromatic carbocycles. The highest BCUT2D eigenvalue weighted by atomic mass is 16.4. The van der Waals surface area contributed by atoms with Gasteiger partial charge in [0.1, 0.15) is 0 Å². The van der Waals surface area contributed by atoms with E-state index >= 15 is 0 Å². The van der Waals surface area contributed by atoms with Crippen molar-refractivity contribution < 1.29 is 14.7 Å². The van der Waals surface area contributed by atoms with E-state index in [1.54, 1.807) is 19.0 Å². The highest BCUT2D eigenvalue weighted by Crippen LogP contribution is 1.95. The molecule has 0 heterocycles. The molecule has 0 saturated carbocycles. The highest BCUT2D eigenvalue weighted by molar-refractivity contribution is 6.39. The molecule has 62 valence electrons. The van der Waals surface area contributed by atoms with Crippen molar-refractivity contribution in [1.82, 2.24) is 4.90 Å². The maximum Gasteiger partial charge on any atom is 0.376 e. The number of carboxylic acids is 1. The average Bonchev–Trinajstić information content (AvgIpc) is 1.84. The molecular weight excluding hydrogens is 146 g/mol. The second kappa shape index (κ2) is 3.75. The normalized spacial score (nSPS) is 11.0. The summed E-state index contributed by atoms with van der Waals surface area (Å²) in [5.74, 6) is -2.28. The minimum absolute atomic E-state index is 0.225. The molecule has 0 aliphatic rings. The van der Waals surface area contributed by atoms with Crippen molar-refractivity contribution in [2.75, 3.05) is 14.1 Å². The quantitative estimate of drug-likeness (QED) is 0.466. The number of rotatable bonds is 3. The maximum absolute atomic E-state index is 10.7. The number of aliphatic carboxylic acids is 1. The van der Waals surface area contributed by atoms with Gasteiger partial charge in [0.25, 0.3) is 5.78 Å². The fourth-order valence-electron chi connectivity index (χ4n) is 0.615. The summed E-state index contributed by atoms with van der Waals surface area (Å²) in [6.07, 6.45) is 1.47. The number of carbonyl (C=O) groups is 2. The number of hydrogen-bond acceptors (Lipinski definition) is 3. The SMILES string of the molecule is C/C(=C/N(C)C)C(=O)C(=O)O. The smallest absolute Gasteiger partial charge is 0.376 e. The Morgan fingerprint density at radius 1 is 1.36 bits per heavy atom. The van der Waals surface area contributed by atoms with Crippen LogP contribution in [-0.2, 0) is 9.59 Å². The van der Waals surface area contributed by atoms with Crippen molar-refractivity contribution in [3.63, 3.8) is 0 Å². The Labute approximate surface area is 65.1 Å². The molecule has 0 aromatic heterocycles. The number of ketones is 1. The molecule has 4 heteroatoms. The van der Waals surface area contributed by atoms with Gasteiger partial charge in [-0.25, -0.2) is 4.79 Å². The Hall–Kier alpha value is -1.32. The maximum atomic E-state index is 10.7. The molecule has 0 fully saturated rings. The van der Waals surface area contributed by atoms with Gasteiger partial charge in [-0.15, -0.1) is 0 Å². The summed E-state index contributed by atoms with van der Waals surface area (Å²) in [4.78, 5) is 22.4. The van der Waals surface area contributed by atoms with Gasteiger partial charge in [-0.2, -0.15) is 0 Å². The van der Waals surface area contributed by atoms with Crippen LogP contribution in [0.1, 0.15) is 6.92 Å². The van der Waals surface area contributed by atoms with Crippen LogP contribution in [-0.4, -0.2) is 35.9 Å². The van der Waals surface area contributed by atoms with Crippen LogP contribution >= 0.6 is 0 Å². The van der Waals surface area contributed by atoms with E-state index in [4.69, 9.17) is 5.11 Å². The lowest BCUT2D eigenvalue weighted by atomic mass is 10.2. The number of carboxylic acid groups (broad SMARTS) is 1. The predicted octanol–water partition coefficient (Wildman–Crippen LogP) is 0.106. The van der Waals surface area contributed by atoms with Gasteiger partial charge in [-0.3, -0.25) is 4.79 Å². The van der Waals surface area contributed by atoms with Gasteiger partial charge in [0.15, 0.2) is 0 Å². The third-order valence-corrected chi connectivity index (χ3v) is 1.00. The second-order valence-corrected chi connectivity index (χ2v) is 2.41. The van der Waals surface area contributed by atoms with E-state index in [1.807, 2.05) is 0 Å². The molecule has 0 aliphatic heterocycles. The van der Waals surface area contributed by atoms with Crippen molar-refractivity contribution in [3.05, 3.63) is 11.8 Å². The molecule has 0 atom stereocenters. The van der Waals surface area contributed by atoms with E-state index in [2.05, 4.69) is 0 Å². The lowest BCUT2D eigenvalue weighted by molar-refractivity contribution is -0.147. The minimum atomic E-state index is -1.42. The molecule has 1 N–H and O–H groups in total. The third-order valence-electron chi connectivity index (χ3n) is 1.00. The monoisotopic (exact) mass is 157 g/mol. The van der Waals surface area contributed by atoms with Gasteiger partial charge in [0.05, 0.1) is 0 Å². The lowest BCUT2D eigenvalue weighted by Gasteiger charge is -2.04. The van der Waals surface area contributed by atoms with Crippen LogP contribution in [0.4, 0.5) is 0 Å². The van der Waals surface area contributed by atoms with Crippen molar-refractivity contribution in [1.29, 1.82) is 0 Å². The topological polar surface area (TPSA) is 57.6 Å². The number of carbonyl (C=O) groups excluding carboxylic acids is 1. The standard InChI is InChI=1S/C7H11NO3/c1-5(4-8(2)3)6(9)7(10)11/h4H,1-3H3,(H,10,11)/b5-4-. The van der Waals surface area contributed by atoms with Crippen LogP contribution in [0.25, 0.3) is 0 Å². The Morgan fingerprint density at radius 3 is 2.09 bits per heavy atom. The number of Topliss-reactive ketones (excluding diaryl/α,β-unsaturated/α-hetero) is 1. The molecule has 0 radical (unpaired) electrons. The molecule has 0 unspecified atom stereocenters. The first kappa shape index (κ1) is 9.68. The summed E-state index contributed by atoms with van der Waals surface area (Å²) in [5.41, 5.74) is 0.225. The van der Waals surface area contributed by atoms with Crippen LogP contribution < -0.4 is 0 Å². The summed E-state index contributed by atoms with van der Waals surface area (Å²) in [7, 11) is 3.44. The fraction of sp³-hybridized carbons (Fsp3) is 0.429. The van der Waals surface area contributed by atoms with Crippen LogP contribution in [0, 0.1) is 0 Å². The summed E-state index contributed by atoms with van der Waals surface area (Å²) in [6.45, 7) is 1.47. The zero-order valence-electron chi connectivity index (χ0n) is 6.79. The molecule has 0 amide bonds. The van der Waals surface area contributed by atoms with Crippen molar-refractivity contribution in [3.8, 4) is 0 Å². The van der Waals surface area contributed by atoms with E-state index in [1.165, 1.54) is 13.1 Å². The minimum Gasteiger partial charge on any atom is -0.475 e. The van der Waals surface area contributed by atoms with Gasteiger partial charge in [-0.05, 0) is 6.92 Å². The molecule has 11 heavy (non-hydrogen) atoms. The largest absolute Gasteiger partial charge is 0.475 e. The van der Waals surface area contributed by atoms with E-state index < -0.39 is 11.8 Å². The van der Waals surface area contributed by atoms with Crippen molar-refractivity contribution in [2.24, 2.45) is 0 Å². The van der Waals surface area contributed by atoms with Crippen LogP contribution in [0.5, 0.6) is 0 Å². The first-order chi connectivity index (χ1) is 4.95. The second-order valence-electron chi connectivity index (χ2n) is 2.41. The van der Waals surface area contributed by atoms with Crippen LogP contribution in [0.2, 0.25) is 0 Å². The molecule has 0 spiro atoms. The van der Waals surface area contributed by atoms with Crippen LogP contribution in [0.15, 0.2) is 11.8 Å². The van der Waals surface area contributed by atoms with Gasteiger partial charge in [0, 0.05) is 25.9 Å². The van der Waals surface area contributed by atoms with E-state index in [0.29, 0.717) is 0 Å². The predicted molar refractivity (Wildman–Crippen MR) is 40.1 cm³/mol. The Bertz CT molecular complexity index is 206. The number of nitrogens with zero attached hydrogens (tertiary/aromatic N) is 1. The zero-order valence-corrected chi connectivity index (χ0v) is 6.79. The lowest BCUT2D eigenvalue weighted by Crippen LogP contribution is -2.15. The molecular formula is C7H11NO3. The molecule has 4 nitrogen and oxygen atoms in total. The van der Waals surface area contributed by atoms with Crippen LogP contribution in [0.3, 0.4) is 0 Å². The molecule has 0 aromatic rings. The molecule has 0 saturated heterocycles. The Morgan fingerprint density at radius 2 is 1.82 bits per heavy atom. The van der Waals surface area contributed by atoms with Crippen molar-refractivity contribution >= 4 is 11.8 Å². The Kier molecular flexibility index (Phi) is 3.30. The summed E-state index contributed by atoms with van der Waals surface area (Å²) < 4.78 is 0. The first-order valence-corrected chi connectivity index (χ1v) is 3.07. The zero-order chi connectivity index (χ0) is 9.02. The molecule has 0 rings (SSSR count). The molecule has 0 bridgehead atoms. The van der Waals surface area contributed by atoms with Gasteiger partial charge in [0.2, 0.25) is 0 Å². The Balaban J connectivity index is 4.36. The van der Waals surface area contributed by atoms with E-state index in [0.717, 1.165) is 0 Å². The average molecular weight is 157 g/mol. The van der Waals surface area contributed by atoms with Gasteiger partial charge >= 0.3 is 5.97 Å². The van der Waals surface area contributed by atoms with Gasteiger partial charge in [-0.1, -0.05) is 0 Å². The summed E-state index contributed by atoms with van der Waals surface area (Å²) in [5, 5.41) is 8.26. The van der Waals surface area contributed by atoms with Crippen molar-refractivity contribution in [2.45, 2.75) is 6.92 Å². The first-order valence-electron chi connectivity index (χ1n) is 3.07. The molecule has 0 aliphatic carbocycles. The van der Waals surface area contributed by atoms with E-state index in [-0.39, 0.29) is 5.57 Å². The fourth-order valence-corrected chi connectivity index (χ4v) is 0.615. The number of hydrogen-bond donors (Lipinski definition) is 1. The highest BCUT2D eigenvalue weighted by Gasteiger charge is 2.12. The summed E-state index contributed by atoms with van der Waals surface area (Å²) >= 11 is 0.